The van der Waals surface area contributed by atoms with Gasteiger partial charge in [-0.1, -0.05) is 74.5 Å². The normalized spacial score (nSPS) is 20.9. The fraction of sp³-hybridized carbons (Fsp3) is 0.385. The van der Waals surface area contributed by atoms with E-state index in [9.17, 15) is 28.8 Å². The average Bonchev–Trinajstić information content (AvgIpc) is 3.85. The van der Waals surface area contributed by atoms with Gasteiger partial charge >= 0.3 is 0 Å². The van der Waals surface area contributed by atoms with Crippen molar-refractivity contribution in [3.63, 3.8) is 0 Å². The summed E-state index contributed by atoms with van der Waals surface area (Å²) >= 11 is 2.52. The number of nitrogens with one attached hydrogen (secondary N) is 4. The van der Waals surface area contributed by atoms with Crippen molar-refractivity contribution in [2.24, 2.45) is 5.92 Å². The van der Waals surface area contributed by atoms with Crippen LogP contribution in [0.25, 0.3) is 0 Å². The molecule has 6 amide bonds. The third kappa shape index (κ3) is 11.0. The summed E-state index contributed by atoms with van der Waals surface area (Å²) in [5.74, 6) is -3.53. The van der Waals surface area contributed by atoms with Crippen molar-refractivity contribution in [1.82, 2.24) is 41.0 Å². The van der Waals surface area contributed by atoms with Gasteiger partial charge in [0, 0.05) is 37.3 Å². The van der Waals surface area contributed by atoms with Crippen molar-refractivity contribution in [2.75, 3.05) is 26.7 Å². The number of likely N-dealkylation sites (N-methyl/N-ethyl adjacent to an activating group) is 1. The van der Waals surface area contributed by atoms with E-state index in [1.807, 2.05) is 60.7 Å². The highest BCUT2D eigenvalue weighted by Crippen LogP contribution is 2.23. The lowest BCUT2D eigenvalue weighted by molar-refractivity contribution is -0.136. The lowest BCUT2D eigenvalue weighted by Crippen LogP contribution is -2.57. The number of aromatic nitrogens is 2. The largest absolute Gasteiger partial charge is 0.345 e. The van der Waals surface area contributed by atoms with E-state index >= 15 is 0 Å². The molecule has 5 rings (SSSR count). The predicted octanol–water partition coefficient (Wildman–Crippen LogP) is 2.97. The summed E-state index contributed by atoms with van der Waals surface area (Å²) in [5.41, 5.74) is 2.18. The number of hydrogen-bond donors (Lipinski definition) is 4. The second-order valence-corrected chi connectivity index (χ2v) is 15.6. The molecule has 2 bridgehead atoms. The van der Waals surface area contributed by atoms with Crippen LogP contribution in [-0.4, -0.2) is 100 Å². The van der Waals surface area contributed by atoms with Crippen LogP contribution in [-0.2, 0) is 32.0 Å². The van der Waals surface area contributed by atoms with Gasteiger partial charge in [0.15, 0.2) is 0 Å². The summed E-state index contributed by atoms with van der Waals surface area (Å²) in [7, 11) is 1.55. The van der Waals surface area contributed by atoms with E-state index < -0.39 is 59.6 Å². The van der Waals surface area contributed by atoms with Gasteiger partial charge in [-0.15, -0.1) is 22.7 Å². The SMILES string of the molecule is CC(C)[C@@H]1NC(=O)[C@H](C)NC(=O)c2csc(n2)[C@H](Cc2ccccc2)NC(=O)CN(C(=O)c2csc(Cc3ccccc3)n2)CCN(C)C(=O)[C@@H](C)NC1=O. The molecule has 0 spiro atoms. The fourth-order valence-corrected chi connectivity index (χ4v) is 7.57. The molecule has 1 aliphatic heterocycles. The molecule has 2 aromatic carbocycles. The number of hydrogen-bond acceptors (Lipinski definition) is 10. The van der Waals surface area contributed by atoms with Crippen LogP contribution in [0.3, 0.4) is 0 Å². The van der Waals surface area contributed by atoms with Gasteiger partial charge in [0.2, 0.25) is 23.6 Å². The highest BCUT2D eigenvalue weighted by Gasteiger charge is 2.31. The average molecular weight is 787 g/mol. The molecule has 0 saturated carbocycles. The fourth-order valence-electron chi connectivity index (χ4n) is 5.92. The first-order valence-electron chi connectivity index (χ1n) is 18.0. The van der Waals surface area contributed by atoms with Crippen molar-refractivity contribution in [3.05, 3.63) is 104 Å². The number of amides is 6. The molecular weight excluding hydrogens is 741 g/mol. The van der Waals surface area contributed by atoms with Crippen LogP contribution >= 0.6 is 22.7 Å². The summed E-state index contributed by atoms with van der Waals surface area (Å²) in [5, 5.41) is 15.4. The van der Waals surface area contributed by atoms with E-state index in [1.54, 1.807) is 31.7 Å². The molecule has 0 unspecified atom stereocenters. The maximum Gasteiger partial charge on any atom is 0.273 e. The van der Waals surface area contributed by atoms with Gasteiger partial charge < -0.3 is 31.1 Å². The zero-order chi connectivity index (χ0) is 39.6. The Morgan fingerprint density at radius 1 is 0.800 bits per heavy atom. The van der Waals surface area contributed by atoms with Crippen LogP contribution in [0.2, 0.25) is 0 Å². The molecule has 2 aromatic heterocycles. The predicted molar refractivity (Wildman–Crippen MR) is 209 cm³/mol. The Bertz CT molecular complexity index is 1990. The Hall–Kier alpha value is -5.48. The Balaban J connectivity index is 1.45. The third-order valence-electron chi connectivity index (χ3n) is 9.06. The first-order chi connectivity index (χ1) is 26.3. The molecule has 0 radical (unpaired) electrons. The molecule has 0 aliphatic carbocycles. The van der Waals surface area contributed by atoms with Crippen molar-refractivity contribution >= 4 is 58.1 Å². The van der Waals surface area contributed by atoms with Gasteiger partial charge in [-0.3, -0.25) is 28.8 Å². The summed E-state index contributed by atoms with van der Waals surface area (Å²) in [4.78, 5) is 93.1. The molecule has 4 N–H and O–H groups in total. The second kappa shape index (κ2) is 18.7. The minimum absolute atomic E-state index is 0.0196. The second-order valence-electron chi connectivity index (χ2n) is 13.8. The molecule has 290 valence electrons. The van der Waals surface area contributed by atoms with E-state index in [2.05, 4.69) is 31.2 Å². The lowest BCUT2D eigenvalue weighted by atomic mass is 10.0. The van der Waals surface area contributed by atoms with Crippen LogP contribution in [0.15, 0.2) is 71.4 Å². The Morgan fingerprint density at radius 3 is 2.15 bits per heavy atom. The quantitative estimate of drug-likeness (QED) is 0.230. The number of nitrogens with zero attached hydrogens (tertiary/aromatic N) is 4. The van der Waals surface area contributed by atoms with E-state index in [-0.39, 0.29) is 36.9 Å². The smallest absolute Gasteiger partial charge is 0.273 e. The minimum Gasteiger partial charge on any atom is -0.345 e. The van der Waals surface area contributed by atoms with Crippen molar-refractivity contribution in [2.45, 2.75) is 64.7 Å². The van der Waals surface area contributed by atoms with Gasteiger partial charge in [0.25, 0.3) is 11.8 Å². The van der Waals surface area contributed by atoms with Crippen molar-refractivity contribution in [1.29, 1.82) is 0 Å². The number of benzene rings is 2. The van der Waals surface area contributed by atoms with Gasteiger partial charge in [-0.05, 0) is 37.3 Å². The summed E-state index contributed by atoms with van der Waals surface area (Å²) in [6.07, 6.45) is 0.880. The number of rotatable bonds is 6. The van der Waals surface area contributed by atoms with Crippen LogP contribution in [0, 0.1) is 5.92 Å². The van der Waals surface area contributed by atoms with Gasteiger partial charge in [0.1, 0.15) is 34.5 Å². The van der Waals surface area contributed by atoms with Gasteiger partial charge in [-0.2, -0.15) is 0 Å². The maximum atomic E-state index is 14.0. The molecule has 14 nitrogen and oxygen atoms in total. The summed E-state index contributed by atoms with van der Waals surface area (Å²) < 4.78 is 0. The monoisotopic (exact) mass is 786 g/mol. The topological polar surface area (TPSA) is 183 Å². The van der Waals surface area contributed by atoms with E-state index in [4.69, 9.17) is 0 Å². The van der Waals surface area contributed by atoms with Crippen LogP contribution in [0.1, 0.15) is 75.9 Å². The van der Waals surface area contributed by atoms with E-state index in [0.717, 1.165) is 16.1 Å². The standard InChI is InChI=1S/C39H46N8O6S2/c1-23(2)33-36(51)41-25(4)38(52)46(5)16-17-47(39(53)30-22-54-32(43-30)19-27-14-10-7-11-15-27)20-31(48)42-28(18-26-12-8-6-9-13-26)37-44-29(21-55-37)35(50)40-24(3)34(49)45-33/h6-15,21-25,28,33H,16-20H2,1-5H3,(H,40,50)(H,41,51)(H,42,48)(H,45,49)/t24-,25+,28-,33-/m0/s1. The third-order valence-corrected chi connectivity index (χ3v) is 10.9. The molecule has 1 aliphatic rings. The number of thiazole rings is 2. The lowest BCUT2D eigenvalue weighted by Gasteiger charge is -2.28. The van der Waals surface area contributed by atoms with E-state index in [1.165, 1.54) is 46.3 Å². The Labute approximate surface area is 328 Å². The summed E-state index contributed by atoms with van der Waals surface area (Å²) in [6.45, 7) is 6.20. The molecular formula is C39H46N8O6S2. The number of fused-ring (bicyclic) bond motifs is 2. The summed E-state index contributed by atoms with van der Waals surface area (Å²) in [6, 6.07) is 15.5. The molecule has 16 heteroatoms. The van der Waals surface area contributed by atoms with Crippen molar-refractivity contribution in [3.8, 4) is 0 Å². The molecule has 4 aromatic rings. The molecule has 0 fully saturated rings. The Kier molecular flexibility index (Phi) is 13.8. The zero-order valence-electron chi connectivity index (χ0n) is 31.4. The van der Waals surface area contributed by atoms with Crippen LogP contribution in [0.5, 0.6) is 0 Å². The van der Waals surface area contributed by atoms with Gasteiger partial charge in [0.05, 0.1) is 17.6 Å². The molecule has 4 atom stereocenters. The molecule has 3 heterocycles. The number of carbonyl (C=O) groups is 6. The highest BCUT2D eigenvalue weighted by atomic mass is 32.1. The Morgan fingerprint density at radius 2 is 1.47 bits per heavy atom. The molecule has 0 saturated heterocycles. The minimum atomic E-state index is -1.03. The van der Waals surface area contributed by atoms with E-state index in [0.29, 0.717) is 17.8 Å². The first-order valence-corrected chi connectivity index (χ1v) is 19.8. The molecule has 55 heavy (non-hydrogen) atoms. The van der Waals surface area contributed by atoms with Gasteiger partial charge in [-0.25, -0.2) is 9.97 Å². The number of carbonyl (C=O) groups excluding carboxylic acids is 6. The first kappa shape index (κ1) is 40.7. The van der Waals surface area contributed by atoms with Crippen molar-refractivity contribution < 1.29 is 28.8 Å². The van der Waals surface area contributed by atoms with Crippen LogP contribution < -0.4 is 21.3 Å². The highest BCUT2D eigenvalue weighted by molar-refractivity contribution is 7.10. The maximum absolute atomic E-state index is 14.0. The zero-order valence-corrected chi connectivity index (χ0v) is 33.0. The van der Waals surface area contributed by atoms with Crippen LogP contribution in [0.4, 0.5) is 0 Å².